The lowest BCUT2D eigenvalue weighted by Crippen LogP contribution is -2.38. The third-order valence-corrected chi connectivity index (χ3v) is 4.96. The first-order valence-corrected chi connectivity index (χ1v) is 8.45. The third-order valence-electron chi connectivity index (χ3n) is 3.48. The van der Waals surface area contributed by atoms with Gasteiger partial charge in [0.05, 0.1) is 10.5 Å². The van der Waals surface area contributed by atoms with Crippen LogP contribution in [0.4, 0.5) is 4.39 Å². The molecule has 9 heteroatoms. The molecule has 2 aromatic rings. The summed E-state index contributed by atoms with van der Waals surface area (Å²) in [6.45, 7) is -0.292. The second-order valence-electron chi connectivity index (χ2n) is 5.01. The van der Waals surface area contributed by atoms with Gasteiger partial charge in [0.25, 0.3) is 11.8 Å². The van der Waals surface area contributed by atoms with Crippen molar-refractivity contribution in [1.82, 2.24) is 14.6 Å². The van der Waals surface area contributed by atoms with Crippen LogP contribution in [0.15, 0.2) is 47.5 Å². The van der Waals surface area contributed by atoms with E-state index in [0.717, 1.165) is 29.2 Å². The molecule has 0 aliphatic carbocycles. The van der Waals surface area contributed by atoms with Crippen molar-refractivity contribution < 1.29 is 22.4 Å². The Balaban J connectivity index is 1.66. The van der Waals surface area contributed by atoms with Crippen molar-refractivity contribution in [3.05, 3.63) is 59.7 Å². The Morgan fingerprint density at radius 2 is 1.79 bits per heavy atom. The number of aromatic nitrogens is 1. The van der Waals surface area contributed by atoms with E-state index in [1.165, 1.54) is 12.3 Å². The third kappa shape index (κ3) is 2.91. The van der Waals surface area contributed by atoms with E-state index in [2.05, 4.69) is 9.71 Å². The zero-order chi connectivity index (χ0) is 17.3. The molecule has 0 atom stereocenters. The summed E-state index contributed by atoms with van der Waals surface area (Å²) < 4.78 is 39.2. The zero-order valence-electron chi connectivity index (χ0n) is 12.3. The monoisotopic (exact) mass is 349 g/mol. The van der Waals surface area contributed by atoms with E-state index >= 15 is 0 Å². The molecule has 0 unspecified atom stereocenters. The fourth-order valence-electron chi connectivity index (χ4n) is 2.31. The van der Waals surface area contributed by atoms with Crippen LogP contribution in [0.25, 0.3) is 0 Å². The maximum Gasteiger partial charge on any atom is 0.280 e. The second-order valence-corrected chi connectivity index (χ2v) is 6.78. The summed E-state index contributed by atoms with van der Waals surface area (Å²) in [6.07, 6.45) is 1.41. The van der Waals surface area contributed by atoms with Crippen LogP contribution in [0.5, 0.6) is 0 Å². The van der Waals surface area contributed by atoms with Gasteiger partial charge in [0.2, 0.25) is 10.0 Å². The molecular formula is C15H12FN3O4S. The number of nitrogens with zero attached hydrogens (tertiary/aromatic N) is 2. The molecule has 3 rings (SSSR count). The lowest BCUT2D eigenvalue weighted by atomic mass is 10.2. The van der Waals surface area contributed by atoms with Crippen molar-refractivity contribution in [1.29, 1.82) is 0 Å². The maximum atomic E-state index is 12.8. The van der Waals surface area contributed by atoms with Crippen LogP contribution in [0.2, 0.25) is 0 Å². The van der Waals surface area contributed by atoms with Gasteiger partial charge in [-0.1, -0.05) is 0 Å². The summed E-state index contributed by atoms with van der Waals surface area (Å²) in [5.74, 6) is -1.62. The van der Waals surface area contributed by atoms with Gasteiger partial charge in [-0.2, -0.15) is 0 Å². The first-order valence-electron chi connectivity index (χ1n) is 6.96. The van der Waals surface area contributed by atoms with Crippen LogP contribution in [-0.4, -0.2) is 43.2 Å². The number of halogens is 1. The summed E-state index contributed by atoms with van der Waals surface area (Å²) in [5.41, 5.74) is 0.257. The van der Waals surface area contributed by atoms with Crippen molar-refractivity contribution in [2.75, 3.05) is 13.1 Å². The van der Waals surface area contributed by atoms with Crippen molar-refractivity contribution in [2.45, 2.75) is 4.90 Å². The quantitative estimate of drug-likeness (QED) is 0.805. The lowest BCUT2D eigenvalue weighted by molar-refractivity contribution is 0.0655. The Bertz CT molecular complexity index is 878. The predicted molar refractivity (Wildman–Crippen MR) is 81.2 cm³/mol. The second kappa shape index (κ2) is 6.10. The van der Waals surface area contributed by atoms with E-state index in [4.69, 9.17) is 0 Å². The molecule has 0 spiro atoms. The minimum absolute atomic E-state index is 0.0592. The number of hydrogen-bond acceptors (Lipinski definition) is 5. The van der Waals surface area contributed by atoms with Gasteiger partial charge < -0.3 is 0 Å². The van der Waals surface area contributed by atoms with Crippen molar-refractivity contribution in [3.8, 4) is 0 Å². The number of carbonyl (C=O) groups is 2. The molecule has 0 radical (unpaired) electrons. The highest BCUT2D eigenvalue weighted by Crippen LogP contribution is 2.19. The number of benzene rings is 1. The van der Waals surface area contributed by atoms with E-state index in [-0.39, 0.29) is 29.2 Å². The number of carbonyl (C=O) groups excluding carboxylic acids is 2. The average Bonchev–Trinajstić information content (AvgIpc) is 2.80. The van der Waals surface area contributed by atoms with E-state index in [1.54, 1.807) is 6.07 Å². The van der Waals surface area contributed by atoms with Crippen LogP contribution < -0.4 is 4.72 Å². The Kier molecular flexibility index (Phi) is 4.12. The first kappa shape index (κ1) is 16.2. The molecular weight excluding hydrogens is 337 g/mol. The van der Waals surface area contributed by atoms with Gasteiger partial charge in [0.1, 0.15) is 11.5 Å². The standard InChI is InChI=1S/C15H12FN3O4S/c16-10-3-5-11(6-4-10)24(22,23)18-8-9-19-14(20)12-2-1-7-17-13(12)15(19)21/h1-7,18H,8-9H2. The van der Waals surface area contributed by atoms with Gasteiger partial charge in [-0.25, -0.2) is 17.5 Å². The fourth-order valence-corrected chi connectivity index (χ4v) is 3.33. The summed E-state index contributed by atoms with van der Waals surface area (Å²) in [4.78, 5) is 28.9. The molecule has 124 valence electrons. The smallest absolute Gasteiger partial charge is 0.272 e. The number of fused-ring (bicyclic) bond motifs is 1. The molecule has 0 saturated carbocycles. The first-order chi connectivity index (χ1) is 11.4. The van der Waals surface area contributed by atoms with E-state index in [1.807, 2.05) is 0 Å². The van der Waals surface area contributed by atoms with Gasteiger partial charge in [0.15, 0.2) is 0 Å². The van der Waals surface area contributed by atoms with Gasteiger partial charge in [-0.05, 0) is 36.4 Å². The largest absolute Gasteiger partial charge is 0.280 e. The molecule has 7 nitrogen and oxygen atoms in total. The van der Waals surface area contributed by atoms with Crippen LogP contribution in [-0.2, 0) is 10.0 Å². The van der Waals surface area contributed by atoms with E-state index in [9.17, 15) is 22.4 Å². The minimum Gasteiger partial charge on any atom is -0.272 e. The Labute approximate surface area is 137 Å². The Morgan fingerprint density at radius 1 is 1.08 bits per heavy atom. The number of pyridine rings is 1. The molecule has 1 aliphatic rings. The van der Waals surface area contributed by atoms with Crippen molar-refractivity contribution in [3.63, 3.8) is 0 Å². The van der Waals surface area contributed by atoms with E-state index in [0.29, 0.717) is 0 Å². The van der Waals surface area contributed by atoms with Crippen LogP contribution in [0, 0.1) is 5.82 Å². The maximum absolute atomic E-state index is 12.8. The molecule has 1 aromatic carbocycles. The van der Waals surface area contributed by atoms with Gasteiger partial charge >= 0.3 is 0 Å². The highest BCUT2D eigenvalue weighted by molar-refractivity contribution is 7.89. The summed E-state index contributed by atoms with van der Waals surface area (Å²) in [5, 5.41) is 0. The van der Waals surface area contributed by atoms with Crippen LogP contribution >= 0.6 is 0 Å². The van der Waals surface area contributed by atoms with Crippen molar-refractivity contribution >= 4 is 21.8 Å². The SMILES string of the molecule is O=C1c2cccnc2C(=O)N1CCNS(=O)(=O)c1ccc(F)cc1. The number of nitrogens with one attached hydrogen (secondary N) is 1. The number of sulfonamides is 1. The molecule has 2 heterocycles. The molecule has 1 aromatic heterocycles. The number of imide groups is 1. The molecule has 1 N–H and O–H groups in total. The van der Waals surface area contributed by atoms with Crippen molar-refractivity contribution in [2.24, 2.45) is 0 Å². The van der Waals surface area contributed by atoms with Gasteiger partial charge in [0, 0.05) is 19.3 Å². The van der Waals surface area contributed by atoms with Gasteiger partial charge in [-0.15, -0.1) is 0 Å². The predicted octanol–water partition coefficient (Wildman–Crippen LogP) is 0.795. The fraction of sp³-hybridized carbons (Fsp3) is 0.133. The molecule has 1 aliphatic heterocycles. The zero-order valence-corrected chi connectivity index (χ0v) is 13.1. The molecule has 0 fully saturated rings. The molecule has 0 bridgehead atoms. The topological polar surface area (TPSA) is 96.4 Å². The van der Waals surface area contributed by atoms with Crippen LogP contribution in [0.1, 0.15) is 20.8 Å². The summed E-state index contributed by atoms with van der Waals surface area (Å²) in [7, 11) is -3.85. The molecule has 2 amide bonds. The number of hydrogen-bond donors (Lipinski definition) is 1. The minimum atomic E-state index is -3.85. The highest BCUT2D eigenvalue weighted by atomic mass is 32.2. The molecule has 24 heavy (non-hydrogen) atoms. The average molecular weight is 349 g/mol. The number of amides is 2. The summed E-state index contributed by atoms with van der Waals surface area (Å²) in [6, 6.07) is 7.36. The summed E-state index contributed by atoms with van der Waals surface area (Å²) >= 11 is 0. The highest BCUT2D eigenvalue weighted by Gasteiger charge is 2.36. The van der Waals surface area contributed by atoms with E-state index < -0.39 is 27.7 Å². The number of rotatable bonds is 5. The lowest BCUT2D eigenvalue weighted by Gasteiger charge is -2.14. The Hall–Kier alpha value is -2.65. The molecule has 0 saturated heterocycles. The van der Waals surface area contributed by atoms with Gasteiger partial charge in [-0.3, -0.25) is 19.5 Å². The van der Waals surface area contributed by atoms with Crippen LogP contribution in [0.3, 0.4) is 0 Å². The Morgan fingerprint density at radius 3 is 2.46 bits per heavy atom. The normalized spacial score (nSPS) is 14.1.